The molecule has 3 nitrogen and oxygen atoms in total. The van der Waals surface area contributed by atoms with Crippen LogP contribution in [0.15, 0.2) is 52.0 Å². The molecule has 8 heteroatoms. The first-order chi connectivity index (χ1) is 13.4. The van der Waals surface area contributed by atoms with Crippen LogP contribution in [0.1, 0.15) is 10.4 Å². The minimum atomic E-state index is -0.139. The highest BCUT2D eigenvalue weighted by Crippen LogP contribution is 2.36. The number of benzene rings is 2. The minimum absolute atomic E-state index is 0.139. The molecule has 0 aliphatic heterocycles. The molecule has 0 fully saturated rings. The van der Waals surface area contributed by atoms with E-state index in [0.29, 0.717) is 30.8 Å². The number of aryl methyl sites for hydroxylation is 1. The Morgan fingerprint density at radius 3 is 2.46 bits per heavy atom. The van der Waals surface area contributed by atoms with Gasteiger partial charge >= 0.3 is 0 Å². The molecule has 0 saturated carbocycles. The number of fused-ring (bicyclic) bond motifs is 1. The topological polar surface area (TPSA) is 34.9 Å². The van der Waals surface area contributed by atoms with Crippen molar-refractivity contribution in [2.75, 3.05) is 0 Å². The molecule has 4 aromatic rings. The van der Waals surface area contributed by atoms with Crippen LogP contribution in [0, 0.1) is 6.92 Å². The highest BCUT2D eigenvalue weighted by molar-refractivity contribution is 9.10. The fourth-order valence-corrected chi connectivity index (χ4v) is 5.03. The quantitative estimate of drug-likeness (QED) is 0.271. The molecule has 0 N–H and O–H groups in total. The maximum absolute atomic E-state index is 13.3. The fraction of sp³-hybridized carbons (Fsp3) is 0.100. The molecule has 4 rings (SSSR count). The van der Waals surface area contributed by atoms with Crippen LogP contribution >= 0.6 is 62.1 Å². The van der Waals surface area contributed by atoms with Crippen molar-refractivity contribution in [2.24, 2.45) is 0 Å². The summed E-state index contributed by atoms with van der Waals surface area (Å²) in [7, 11) is 0. The molecule has 0 radical (unpaired) electrons. The monoisotopic (exact) mass is 512 g/mol. The second-order valence-corrected chi connectivity index (χ2v) is 9.53. The van der Waals surface area contributed by atoms with Crippen LogP contribution in [0.2, 0.25) is 15.1 Å². The summed E-state index contributed by atoms with van der Waals surface area (Å²) in [5.41, 5.74) is 2.33. The third kappa shape index (κ3) is 3.51. The fourth-order valence-electron chi connectivity index (χ4n) is 3.10. The van der Waals surface area contributed by atoms with Crippen LogP contribution in [-0.4, -0.2) is 9.55 Å². The van der Waals surface area contributed by atoms with Gasteiger partial charge in [-0.25, -0.2) is 4.98 Å². The first kappa shape index (κ1) is 19.9. The Hall–Kier alpha value is -1.37. The highest BCUT2D eigenvalue weighted by atomic mass is 79.9. The smallest absolute Gasteiger partial charge is 0.263 e. The summed E-state index contributed by atoms with van der Waals surface area (Å²) in [5.74, 6) is 0. The van der Waals surface area contributed by atoms with E-state index in [1.165, 1.54) is 22.2 Å². The van der Waals surface area contributed by atoms with Crippen LogP contribution in [0.4, 0.5) is 0 Å². The van der Waals surface area contributed by atoms with Gasteiger partial charge in [0.15, 0.2) is 0 Å². The van der Waals surface area contributed by atoms with Gasteiger partial charge in [-0.1, -0.05) is 62.9 Å². The summed E-state index contributed by atoms with van der Waals surface area (Å²) in [5, 5.41) is 1.79. The number of aromatic nitrogens is 2. The first-order valence-corrected chi connectivity index (χ1v) is 11.0. The molecule has 142 valence electrons. The second-order valence-electron chi connectivity index (χ2n) is 6.22. The zero-order chi connectivity index (χ0) is 20.0. The first-order valence-electron chi connectivity index (χ1n) is 8.23. The van der Waals surface area contributed by atoms with E-state index in [9.17, 15) is 4.79 Å². The molecule has 0 unspecified atom stereocenters. The van der Waals surface area contributed by atoms with Gasteiger partial charge in [-0.05, 0) is 36.8 Å². The third-order valence-electron chi connectivity index (χ3n) is 4.46. The third-order valence-corrected chi connectivity index (χ3v) is 7.19. The van der Waals surface area contributed by atoms with Crippen molar-refractivity contribution in [1.82, 2.24) is 9.55 Å². The Bertz CT molecular complexity index is 1270. The Morgan fingerprint density at radius 2 is 1.75 bits per heavy atom. The van der Waals surface area contributed by atoms with Gasteiger partial charge in [0.2, 0.25) is 0 Å². The van der Waals surface area contributed by atoms with Gasteiger partial charge in [-0.15, -0.1) is 11.3 Å². The van der Waals surface area contributed by atoms with Crippen molar-refractivity contribution < 1.29 is 0 Å². The van der Waals surface area contributed by atoms with Crippen molar-refractivity contribution in [2.45, 2.75) is 13.5 Å². The number of nitrogens with zero attached hydrogens (tertiary/aromatic N) is 2. The largest absolute Gasteiger partial charge is 0.294 e. The summed E-state index contributed by atoms with van der Waals surface area (Å²) in [6.07, 6.45) is 1.53. The van der Waals surface area contributed by atoms with Crippen LogP contribution in [0.3, 0.4) is 0 Å². The van der Waals surface area contributed by atoms with E-state index in [1.54, 1.807) is 12.1 Å². The zero-order valence-corrected chi connectivity index (χ0v) is 19.1. The predicted octanol–water partition coefficient (Wildman–Crippen LogP) is 7.20. The maximum atomic E-state index is 13.3. The van der Waals surface area contributed by atoms with E-state index < -0.39 is 0 Å². The van der Waals surface area contributed by atoms with Crippen molar-refractivity contribution in [3.8, 4) is 11.1 Å². The van der Waals surface area contributed by atoms with E-state index in [2.05, 4.69) is 20.9 Å². The molecular weight excluding hydrogens is 503 g/mol. The van der Waals surface area contributed by atoms with E-state index in [4.69, 9.17) is 34.8 Å². The number of halogens is 4. The number of thiophene rings is 1. The van der Waals surface area contributed by atoms with E-state index in [1.807, 2.05) is 31.2 Å². The van der Waals surface area contributed by atoms with Gasteiger partial charge < -0.3 is 0 Å². The molecule has 2 aromatic carbocycles. The Kier molecular flexibility index (Phi) is 5.55. The lowest BCUT2D eigenvalue weighted by atomic mass is 10.0. The maximum Gasteiger partial charge on any atom is 0.263 e. The molecule has 0 bridgehead atoms. The predicted molar refractivity (Wildman–Crippen MR) is 122 cm³/mol. The Morgan fingerprint density at radius 1 is 1.07 bits per heavy atom. The normalized spacial score (nSPS) is 11.3. The molecule has 2 aromatic heterocycles. The molecule has 28 heavy (non-hydrogen) atoms. The molecule has 0 spiro atoms. The van der Waals surface area contributed by atoms with Gasteiger partial charge in [-0.3, -0.25) is 9.36 Å². The van der Waals surface area contributed by atoms with Crippen LogP contribution in [0.25, 0.3) is 21.3 Å². The molecule has 0 aliphatic carbocycles. The molecule has 2 heterocycles. The molecule has 0 amide bonds. The zero-order valence-electron chi connectivity index (χ0n) is 14.5. The Labute approximate surface area is 188 Å². The highest BCUT2D eigenvalue weighted by Gasteiger charge is 2.18. The Balaban J connectivity index is 1.90. The average Bonchev–Trinajstić information content (AvgIpc) is 3.01. The van der Waals surface area contributed by atoms with Gasteiger partial charge in [0.1, 0.15) is 4.83 Å². The van der Waals surface area contributed by atoms with Gasteiger partial charge in [-0.2, -0.15) is 0 Å². The van der Waals surface area contributed by atoms with Gasteiger partial charge in [0.25, 0.3) is 5.56 Å². The standard InChI is InChI=1S/C20H12BrCl3N2OS/c1-10-16(11-2-4-12(21)5-3-11)17-19(28-10)25-9-26(20(17)27)8-13-14(22)6-7-15(23)18(13)24/h2-7,9H,8H2,1H3. The van der Waals surface area contributed by atoms with Crippen LogP contribution < -0.4 is 5.56 Å². The molecule has 0 atom stereocenters. The van der Waals surface area contributed by atoms with Crippen LogP contribution in [-0.2, 0) is 6.54 Å². The van der Waals surface area contributed by atoms with E-state index in [0.717, 1.165) is 20.5 Å². The second kappa shape index (κ2) is 7.81. The van der Waals surface area contributed by atoms with E-state index in [-0.39, 0.29) is 12.1 Å². The minimum Gasteiger partial charge on any atom is -0.294 e. The summed E-state index contributed by atoms with van der Waals surface area (Å²) < 4.78 is 2.49. The SMILES string of the molecule is Cc1sc2ncn(Cc3c(Cl)ccc(Cl)c3Cl)c(=O)c2c1-c1ccc(Br)cc1. The molecule has 0 saturated heterocycles. The average molecular weight is 515 g/mol. The summed E-state index contributed by atoms with van der Waals surface area (Å²) >= 11 is 23.7. The lowest BCUT2D eigenvalue weighted by Gasteiger charge is -2.11. The van der Waals surface area contributed by atoms with Gasteiger partial charge in [0, 0.05) is 25.5 Å². The van der Waals surface area contributed by atoms with Crippen molar-refractivity contribution in [1.29, 1.82) is 0 Å². The van der Waals surface area contributed by atoms with Crippen molar-refractivity contribution in [3.05, 3.63) is 83.1 Å². The number of rotatable bonds is 3. The van der Waals surface area contributed by atoms with Crippen molar-refractivity contribution >= 4 is 72.3 Å². The van der Waals surface area contributed by atoms with Crippen molar-refractivity contribution in [3.63, 3.8) is 0 Å². The summed E-state index contributed by atoms with van der Waals surface area (Å²) in [6, 6.07) is 11.2. The number of hydrogen-bond donors (Lipinski definition) is 0. The summed E-state index contributed by atoms with van der Waals surface area (Å²) in [6.45, 7) is 2.19. The van der Waals surface area contributed by atoms with Crippen LogP contribution in [0.5, 0.6) is 0 Å². The lowest BCUT2D eigenvalue weighted by molar-refractivity contribution is 0.750. The molecular formula is C20H12BrCl3N2OS. The van der Waals surface area contributed by atoms with E-state index >= 15 is 0 Å². The van der Waals surface area contributed by atoms with Gasteiger partial charge in [0.05, 0.1) is 28.3 Å². The number of hydrogen-bond acceptors (Lipinski definition) is 3. The lowest BCUT2D eigenvalue weighted by Crippen LogP contribution is -2.21. The summed E-state index contributed by atoms with van der Waals surface area (Å²) in [4.78, 5) is 19.6. The molecule has 0 aliphatic rings.